The minimum atomic E-state index is -1.96. The molecule has 6 rings (SSSR count). The summed E-state index contributed by atoms with van der Waals surface area (Å²) < 4.78 is 8.76. The van der Waals surface area contributed by atoms with Crippen LogP contribution in [-0.4, -0.2) is 35.8 Å². The SMILES string of the molecule is CC(C)(C)[Si](C)(C)O[C@@H]1C=C[C@H](n2c(Cl)c(C3=C(c4c[nH]c5ccccc45)C(=O)NC3=O)c3ccccc32)C1. The predicted molar refractivity (Wildman–Crippen MR) is 160 cm³/mol. The normalized spacial score (nSPS) is 20.2. The Morgan fingerprint density at radius 3 is 2.36 bits per heavy atom. The number of fused-ring (bicyclic) bond motifs is 2. The third-order valence-electron chi connectivity index (χ3n) is 8.50. The molecule has 8 heteroatoms. The maximum atomic E-state index is 13.4. The Kier molecular flexibility index (Phi) is 6.02. The van der Waals surface area contributed by atoms with Gasteiger partial charge in [-0.3, -0.25) is 14.9 Å². The smallest absolute Gasteiger partial charge is 0.259 e. The number of aromatic amines is 1. The number of carbonyl (C=O) groups excluding carboxylic acids is 2. The van der Waals surface area contributed by atoms with E-state index in [1.54, 1.807) is 6.20 Å². The molecule has 1 aliphatic carbocycles. The molecule has 2 aromatic heterocycles. The van der Waals surface area contributed by atoms with Gasteiger partial charge in [-0.05, 0) is 30.3 Å². The predicted octanol–water partition coefficient (Wildman–Crippen LogP) is 7.23. The lowest BCUT2D eigenvalue weighted by Crippen LogP contribution is -2.43. The van der Waals surface area contributed by atoms with Crippen LogP contribution in [0.2, 0.25) is 23.3 Å². The Hall–Kier alpha value is -3.39. The molecule has 2 aliphatic rings. The van der Waals surface area contributed by atoms with Crippen LogP contribution in [0.25, 0.3) is 33.0 Å². The Bertz CT molecular complexity index is 1720. The van der Waals surface area contributed by atoms with Gasteiger partial charge in [0.2, 0.25) is 0 Å². The van der Waals surface area contributed by atoms with Gasteiger partial charge in [-0.25, -0.2) is 0 Å². The second kappa shape index (κ2) is 9.08. The number of rotatable bonds is 5. The van der Waals surface area contributed by atoms with Gasteiger partial charge in [0.1, 0.15) is 5.15 Å². The van der Waals surface area contributed by atoms with Crippen LogP contribution in [0.4, 0.5) is 0 Å². The lowest BCUT2D eigenvalue weighted by Gasteiger charge is -2.38. The van der Waals surface area contributed by atoms with Gasteiger partial charge in [0.05, 0.1) is 28.8 Å². The summed E-state index contributed by atoms with van der Waals surface area (Å²) in [5, 5.41) is 4.78. The van der Waals surface area contributed by atoms with Crippen molar-refractivity contribution in [3.8, 4) is 0 Å². The van der Waals surface area contributed by atoms with Crippen LogP contribution in [0.5, 0.6) is 0 Å². The molecule has 3 heterocycles. The molecule has 0 radical (unpaired) electrons. The van der Waals surface area contributed by atoms with Crippen molar-refractivity contribution in [2.24, 2.45) is 0 Å². The van der Waals surface area contributed by atoms with E-state index in [0.717, 1.165) is 28.2 Å². The van der Waals surface area contributed by atoms with Crippen molar-refractivity contribution in [2.75, 3.05) is 0 Å². The van der Waals surface area contributed by atoms with Gasteiger partial charge in [0.15, 0.2) is 8.32 Å². The number of carbonyl (C=O) groups is 2. The summed E-state index contributed by atoms with van der Waals surface area (Å²) in [6.45, 7) is 11.2. The maximum Gasteiger partial charge on any atom is 0.259 e. The van der Waals surface area contributed by atoms with Crippen LogP contribution in [0.1, 0.15) is 44.4 Å². The number of para-hydroxylation sites is 2. The van der Waals surface area contributed by atoms with Crippen molar-refractivity contribution in [1.82, 2.24) is 14.9 Å². The molecule has 0 fully saturated rings. The fourth-order valence-electron chi connectivity index (χ4n) is 5.50. The number of nitrogens with zero attached hydrogens (tertiary/aromatic N) is 1. The Balaban J connectivity index is 1.48. The summed E-state index contributed by atoms with van der Waals surface area (Å²) >= 11 is 7.19. The quantitative estimate of drug-likeness (QED) is 0.154. The molecular weight excluding hydrogens is 526 g/mol. The molecule has 0 saturated carbocycles. The number of hydrogen-bond donors (Lipinski definition) is 2. The lowest BCUT2D eigenvalue weighted by atomic mass is 9.95. The highest BCUT2D eigenvalue weighted by Gasteiger charge is 2.41. The van der Waals surface area contributed by atoms with E-state index in [9.17, 15) is 9.59 Å². The Morgan fingerprint density at radius 2 is 1.62 bits per heavy atom. The van der Waals surface area contributed by atoms with Crippen LogP contribution in [0, 0.1) is 0 Å². The summed E-state index contributed by atoms with van der Waals surface area (Å²) in [6.07, 6.45) is 6.82. The number of allylic oxidation sites excluding steroid dienone is 1. The molecule has 200 valence electrons. The number of hydrogen-bond acceptors (Lipinski definition) is 3. The van der Waals surface area contributed by atoms with E-state index in [4.69, 9.17) is 16.0 Å². The molecule has 2 aromatic carbocycles. The van der Waals surface area contributed by atoms with E-state index in [1.165, 1.54) is 0 Å². The van der Waals surface area contributed by atoms with Crippen LogP contribution in [-0.2, 0) is 14.0 Å². The number of amides is 2. The molecule has 1 aliphatic heterocycles. The number of benzene rings is 2. The lowest BCUT2D eigenvalue weighted by molar-refractivity contribution is -0.122. The van der Waals surface area contributed by atoms with Crippen LogP contribution < -0.4 is 5.32 Å². The van der Waals surface area contributed by atoms with Crippen molar-refractivity contribution in [3.05, 3.63) is 83.2 Å². The molecule has 6 nitrogen and oxygen atoms in total. The number of nitrogens with one attached hydrogen (secondary N) is 2. The highest BCUT2D eigenvalue weighted by Crippen LogP contribution is 2.45. The molecule has 0 saturated heterocycles. The monoisotopic (exact) mass is 557 g/mol. The summed E-state index contributed by atoms with van der Waals surface area (Å²) in [7, 11) is -1.96. The van der Waals surface area contributed by atoms with Gasteiger partial charge in [0, 0.05) is 40.0 Å². The minimum Gasteiger partial charge on any atom is -0.410 e. The third-order valence-corrected chi connectivity index (χ3v) is 13.4. The van der Waals surface area contributed by atoms with Gasteiger partial charge < -0.3 is 14.0 Å². The second-order valence-corrected chi connectivity index (χ2v) is 17.1. The van der Waals surface area contributed by atoms with Crippen molar-refractivity contribution < 1.29 is 14.0 Å². The summed E-state index contributed by atoms with van der Waals surface area (Å²) in [5.74, 6) is -0.859. The molecule has 0 bridgehead atoms. The van der Waals surface area contributed by atoms with Crippen molar-refractivity contribution >= 4 is 64.7 Å². The van der Waals surface area contributed by atoms with Gasteiger partial charge >= 0.3 is 0 Å². The van der Waals surface area contributed by atoms with Crippen molar-refractivity contribution in [3.63, 3.8) is 0 Å². The number of halogens is 1. The maximum absolute atomic E-state index is 13.4. The van der Waals surface area contributed by atoms with Gasteiger partial charge in [-0.15, -0.1) is 0 Å². The Morgan fingerprint density at radius 1 is 0.949 bits per heavy atom. The first-order chi connectivity index (χ1) is 18.5. The van der Waals surface area contributed by atoms with Crippen molar-refractivity contribution in [1.29, 1.82) is 0 Å². The topological polar surface area (TPSA) is 76.1 Å². The fraction of sp³-hybridized carbons (Fsp3) is 0.290. The molecule has 0 spiro atoms. The van der Waals surface area contributed by atoms with E-state index >= 15 is 0 Å². The standard InChI is InChI=1S/C31H32ClN3O3Si/c1-31(2,3)39(4,5)38-19-15-14-18(16-19)35-24-13-9-7-11-21(24)25(28(35)32)27-26(29(36)34-30(27)37)22-17-33-23-12-8-6-10-20(22)23/h6-15,17-19,33H,16H2,1-5H3,(H,34,36,37)/t18-,19+/m0/s1. The first-order valence-electron chi connectivity index (χ1n) is 13.3. The average molecular weight is 558 g/mol. The van der Waals surface area contributed by atoms with E-state index < -0.39 is 20.1 Å². The second-order valence-electron chi connectivity index (χ2n) is 11.9. The summed E-state index contributed by atoms with van der Waals surface area (Å²) in [6, 6.07) is 15.6. The zero-order chi connectivity index (χ0) is 27.7. The number of imide groups is 1. The molecule has 2 atom stereocenters. The summed E-state index contributed by atoms with van der Waals surface area (Å²) in [4.78, 5) is 29.8. The summed E-state index contributed by atoms with van der Waals surface area (Å²) in [5.41, 5.74) is 3.71. The molecular formula is C31H32ClN3O3Si. The highest BCUT2D eigenvalue weighted by molar-refractivity contribution is 6.74. The minimum absolute atomic E-state index is 0.00563. The van der Waals surface area contributed by atoms with E-state index in [1.807, 2.05) is 48.5 Å². The zero-order valence-electron chi connectivity index (χ0n) is 22.8. The van der Waals surface area contributed by atoms with Crippen LogP contribution >= 0.6 is 11.6 Å². The molecule has 39 heavy (non-hydrogen) atoms. The zero-order valence-corrected chi connectivity index (χ0v) is 24.5. The van der Waals surface area contributed by atoms with Crippen LogP contribution in [0.3, 0.4) is 0 Å². The molecule has 2 N–H and O–H groups in total. The van der Waals surface area contributed by atoms with Gasteiger partial charge in [-0.2, -0.15) is 0 Å². The third kappa shape index (κ3) is 4.11. The number of aromatic nitrogens is 2. The van der Waals surface area contributed by atoms with Crippen LogP contribution in [0.15, 0.2) is 66.9 Å². The highest BCUT2D eigenvalue weighted by atomic mass is 35.5. The number of H-pyrrole nitrogens is 1. The Labute approximate surface area is 233 Å². The molecule has 2 amide bonds. The van der Waals surface area contributed by atoms with Crippen molar-refractivity contribution in [2.45, 2.75) is 57.5 Å². The fourth-order valence-corrected chi connectivity index (χ4v) is 7.20. The van der Waals surface area contributed by atoms with Gasteiger partial charge in [-0.1, -0.05) is 80.9 Å². The van der Waals surface area contributed by atoms with E-state index in [0.29, 0.717) is 27.4 Å². The molecule has 4 aromatic rings. The van der Waals surface area contributed by atoms with E-state index in [-0.39, 0.29) is 17.2 Å². The largest absolute Gasteiger partial charge is 0.410 e. The van der Waals surface area contributed by atoms with Gasteiger partial charge in [0.25, 0.3) is 11.8 Å². The average Bonchev–Trinajstić information content (AvgIpc) is 3.62. The first-order valence-corrected chi connectivity index (χ1v) is 16.6. The molecule has 0 unspecified atom stereocenters. The first kappa shape index (κ1) is 25.9. The van der Waals surface area contributed by atoms with E-state index in [2.05, 4.69) is 60.9 Å².